The van der Waals surface area contributed by atoms with Crippen molar-refractivity contribution >= 4 is 23.1 Å². The molecule has 1 N–H and O–H groups in total. The van der Waals surface area contributed by atoms with Gasteiger partial charge in [0.25, 0.3) is 11.7 Å². The summed E-state index contributed by atoms with van der Waals surface area (Å²) in [6.07, 6.45) is -2.06. The third-order valence-electron chi connectivity index (χ3n) is 6.12. The number of alkyl halides is 3. The molecule has 1 atom stereocenters. The Morgan fingerprint density at radius 1 is 1.00 bits per heavy atom. The highest BCUT2D eigenvalue weighted by molar-refractivity contribution is 6.51. The third kappa shape index (κ3) is 5.20. The zero-order valence-electron chi connectivity index (χ0n) is 21.0. The van der Waals surface area contributed by atoms with Crippen molar-refractivity contribution in [2.75, 3.05) is 12.0 Å². The van der Waals surface area contributed by atoms with Crippen LogP contribution in [0, 0.1) is 0 Å². The van der Waals surface area contributed by atoms with Gasteiger partial charge in [0.1, 0.15) is 17.3 Å². The molecule has 1 saturated heterocycles. The summed E-state index contributed by atoms with van der Waals surface area (Å²) in [6, 6.07) is 11.9. The lowest BCUT2D eigenvalue weighted by atomic mass is 9.85. The molecule has 0 saturated carbocycles. The van der Waals surface area contributed by atoms with Gasteiger partial charge in [0.2, 0.25) is 0 Å². The first-order valence-corrected chi connectivity index (χ1v) is 11.6. The number of pyridine rings is 1. The number of hydrogen-bond donors (Lipinski definition) is 1. The van der Waals surface area contributed by atoms with Crippen LogP contribution in [0.15, 0.2) is 72.6 Å². The van der Waals surface area contributed by atoms with Gasteiger partial charge < -0.3 is 14.6 Å². The number of carbonyl (C=O) groups is 2. The fraction of sp³-hybridized carbons (Fsp3) is 0.250. The van der Waals surface area contributed by atoms with Crippen molar-refractivity contribution in [2.24, 2.45) is 0 Å². The summed E-state index contributed by atoms with van der Waals surface area (Å²) in [6.45, 7) is 5.93. The summed E-state index contributed by atoms with van der Waals surface area (Å²) in [5, 5.41) is 11.5. The zero-order chi connectivity index (χ0) is 27.8. The molecule has 0 radical (unpaired) electrons. The predicted octanol–water partition coefficient (Wildman–Crippen LogP) is 5.91. The normalized spacial score (nSPS) is 17.6. The van der Waals surface area contributed by atoms with E-state index in [4.69, 9.17) is 4.74 Å². The molecular formula is C28H25F3N2O5. The number of nitrogens with zero attached hydrogens (tertiary/aromatic N) is 2. The Kier molecular flexibility index (Phi) is 6.92. The molecule has 2 heterocycles. The van der Waals surface area contributed by atoms with Gasteiger partial charge in [0.15, 0.2) is 0 Å². The number of aromatic nitrogens is 1. The van der Waals surface area contributed by atoms with E-state index in [1.54, 1.807) is 24.3 Å². The van der Waals surface area contributed by atoms with Gasteiger partial charge in [-0.2, -0.15) is 0 Å². The van der Waals surface area contributed by atoms with Gasteiger partial charge >= 0.3 is 6.36 Å². The first-order valence-electron chi connectivity index (χ1n) is 11.6. The topological polar surface area (TPSA) is 89.0 Å². The highest BCUT2D eigenvalue weighted by Crippen LogP contribution is 2.44. The van der Waals surface area contributed by atoms with Gasteiger partial charge in [-0.3, -0.25) is 19.5 Å². The Morgan fingerprint density at radius 3 is 2.29 bits per heavy atom. The summed E-state index contributed by atoms with van der Waals surface area (Å²) in [5.41, 5.74) is 0.876. The van der Waals surface area contributed by atoms with Crippen LogP contribution in [0.4, 0.5) is 18.9 Å². The Hall–Kier alpha value is -4.34. The van der Waals surface area contributed by atoms with E-state index in [0.717, 1.165) is 22.6 Å². The largest absolute Gasteiger partial charge is 0.573 e. The molecule has 1 amide bonds. The molecule has 0 aliphatic carbocycles. The number of amides is 1. The molecule has 1 unspecified atom stereocenters. The Morgan fingerprint density at radius 2 is 1.68 bits per heavy atom. The van der Waals surface area contributed by atoms with E-state index in [1.165, 1.54) is 31.6 Å². The average Bonchev–Trinajstić information content (AvgIpc) is 3.12. The van der Waals surface area contributed by atoms with Crippen LogP contribution >= 0.6 is 0 Å². The molecule has 0 bridgehead atoms. The van der Waals surface area contributed by atoms with Crippen LogP contribution in [0.3, 0.4) is 0 Å². The standard InChI is InChI=1S/C28H25F3N2O5/c1-27(2,3)17-8-9-21(37-4)20(14-17)24(34)22-23(16-10-12-32-13-11-16)33(26(36)25(22)35)18-6-5-7-19(15-18)38-28(29,30)31/h5-15,23,34H,1-4H3/b24-22+. The van der Waals surface area contributed by atoms with E-state index in [1.807, 2.05) is 26.8 Å². The second-order valence-corrected chi connectivity index (χ2v) is 9.66. The van der Waals surface area contributed by atoms with Crippen LogP contribution in [0.2, 0.25) is 0 Å². The average molecular weight is 527 g/mol. The highest BCUT2D eigenvalue weighted by Gasteiger charge is 2.47. The van der Waals surface area contributed by atoms with Gasteiger partial charge in [-0.1, -0.05) is 32.9 Å². The van der Waals surface area contributed by atoms with Crippen molar-refractivity contribution < 1.29 is 37.3 Å². The number of methoxy groups -OCH3 is 1. The van der Waals surface area contributed by atoms with E-state index >= 15 is 0 Å². The second-order valence-electron chi connectivity index (χ2n) is 9.66. The fourth-order valence-corrected chi connectivity index (χ4v) is 4.30. The quantitative estimate of drug-likeness (QED) is 0.253. The molecule has 38 heavy (non-hydrogen) atoms. The molecule has 4 rings (SSSR count). The number of halogens is 3. The molecule has 7 nitrogen and oxygen atoms in total. The number of hydrogen-bond acceptors (Lipinski definition) is 6. The number of rotatable bonds is 5. The van der Waals surface area contributed by atoms with Crippen molar-refractivity contribution in [2.45, 2.75) is 38.6 Å². The van der Waals surface area contributed by atoms with Crippen LogP contribution in [0.1, 0.15) is 43.5 Å². The third-order valence-corrected chi connectivity index (χ3v) is 6.12. The van der Waals surface area contributed by atoms with Crippen LogP contribution in [-0.4, -0.2) is 35.3 Å². The maximum Gasteiger partial charge on any atom is 0.573 e. The summed E-state index contributed by atoms with van der Waals surface area (Å²) in [7, 11) is 1.41. The molecule has 1 aliphatic heterocycles. The minimum Gasteiger partial charge on any atom is -0.507 e. The summed E-state index contributed by atoms with van der Waals surface area (Å²) < 4.78 is 48.0. The highest BCUT2D eigenvalue weighted by atomic mass is 19.4. The van der Waals surface area contributed by atoms with Gasteiger partial charge in [0.05, 0.1) is 24.3 Å². The van der Waals surface area contributed by atoms with Crippen LogP contribution in [-0.2, 0) is 15.0 Å². The number of aliphatic hydroxyl groups is 1. The lowest BCUT2D eigenvalue weighted by Crippen LogP contribution is -2.29. The van der Waals surface area contributed by atoms with Crippen molar-refractivity contribution in [1.29, 1.82) is 0 Å². The predicted molar refractivity (Wildman–Crippen MR) is 134 cm³/mol. The Balaban J connectivity index is 1.95. The smallest absolute Gasteiger partial charge is 0.507 e. The minimum atomic E-state index is -4.95. The van der Waals surface area contributed by atoms with E-state index in [0.29, 0.717) is 5.56 Å². The van der Waals surface area contributed by atoms with Gasteiger partial charge in [-0.05, 0) is 52.9 Å². The molecule has 1 fully saturated rings. The minimum absolute atomic E-state index is 0.0230. The Labute approximate surface area is 217 Å². The molecule has 0 spiro atoms. The van der Waals surface area contributed by atoms with Crippen LogP contribution in [0.5, 0.6) is 11.5 Å². The number of carbonyl (C=O) groups excluding carboxylic acids is 2. The fourth-order valence-electron chi connectivity index (χ4n) is 4.30. The molecule has 2 aromatic carbocycles. The van der Waals surface area contributed by atoms with E-state index in [-0.39, 0.29) is 28.0 Å². The molecule has 10 heteroatoms. The van der Waals surface area contributed by atoms with Gasteiger partial charge in [0, 0.05) is 24.1 Å². The number of ether oxygens (including phenoxy) is 2. The Bertz CT molecular complexity index is 1410. The van der Waals surface area contributed by atoms with Crippen LogP contribution < -0.4 is 14.4 Å². The van der Waals surface area contributed by atoms with Gasteiger partial charge in [-0.25, -0.2) is 0 Å². The van der Waals surface area contributed by atoms with Crippen molar-refractivity contribution in [1.82, 2.24) is 4.98 Å². The second kappa shape index (κ2) is 9.85. The SMILES string of the molecule is COc1ccc(C(C)(C)C)cc1/C(O)=C1\C(=O)C(=O)N(c2cccc(OC(F)(F)F)c2)C1c1ccncc1. The first kappa shape index (κ1) is 26.7. The molecule has 198 valence electrons. The van der Waals surface area contributed by atoms with Crippen molar-refractivity contribution in [3.63, 3.8) is 0 Å². The molecule has 1 aromatic heterocycles. The summed E-state index contributed by atoms with van der Waals surface area (Å²) in [4.78, 5) is 31.7. The van der Waals surface area contributed by atoms with Gasteiger partial charge in [-0.15, -0.1) is 13.2 Å². The number of aliphatic hydroxyl groups excluding tert-OH is 1. The number of anilines is 1. The first-order chi connectivity index (χ1) is 17.8. The van der Waals surface area contributed by atoms with E-state index < -0.39 is 35.6 Å². The van der Waals surface area contributed by atoms with Crippen molar-refractivity contribution in [3.05, 3.63) is 89.3 Å². The molecule has 3 aromatic rings. The molecular weight excluding hydrogens is 501 g/mol. The maximum atomic E-state index is 13.4. The van der Waals surface area contributed by atoms with E-state index in [2.05, 4.69) is 9.72 Å². The lowest BCUT2D eigenvalue weighted by Gasteiger charge is -2.26. The number of benzene rings is 2. The van der Waals surface area contributed by atoms with Crippen LogP contribution in [0.25, 0.3) is 5.76 Å². The number of Topliss-reactive ketones (excluding diaryl/α,β-unsaturated/α-hetero) is 1. The number of ketones is 1. The lowest BCUT2D eigenvalue weighted by molar-refractivity contribution is -0.274. The van der Waals surface area contributed by atoms with Crippen molar-refractivity contribution in [3.8, 4) is 11.5 Å². The summed E-state index contributed by atoms with van der Waals surface area (Å²) in [5.74, 6) is -2.79. The summed E-state index contributed by atoms with van der Waals surface area (Å²) >= 11 is 0. The molecule has 1 aliphatic rings. The van der Waals surface area contributed by atoms with E-state index in [9.17, 15) is 27.9 Å². The zero-order valence-corrected chi connectivity index (χ0v) is 21.0. The maximum absolute atomic E-state index is 13.4. The monoisotopic (exact) mass is 526 g/mol.